The van der Waals surface area contributed by atoms with E-state index < -0.39 is 0 Å². The Hall–Kier alpha value is -1.29. The van der Waals surface area contributed by atoms with E-state index in [1.807, 2.05) is 6.07 Å². The Bertz CT molecular complexity index is 600. The molecule has 0 bridgehead atoms. The molecule has 4 heteroatoms. The topological polar surface area (TPSA) is 30.5 Å². The Morgan fingerprint density at radius 2 is 2.04 bits per heavy atom. The molecule has 0 radical (unpaired) electrons. The van der Waals surface area contributed by atoms with Gasteiger partial charge in [0.2, 0.25) is 0 Å². The molecule has 3 atom stereocenters. The summed E-state index contributed by atoms with van der Waals surface area (Å²) < 4.78 is 26.7. The van der Waals surface area contributed by atoms with E-state index in [1.54, 1.807) is 0 Å². The number of anilines is 1. The monoisotopic (exact) mass is 347 g/mol. The summed E-state index contributed by atoms with van der Waals surface area (Å²) in [6.45, 7) is 3.55. The van der Waals surface area contributed by atoms with Crippen molar-refractivity contribution in [2.24, 2.45) is 11.8 Å². The van der Waals surface area contributed by atoms with Crippen LogP contribution in [0.4, 0.5) is 10.1 Å². The standard InChI is InChI=1S/C21H30FNO2/c1-2-3-10-24-15-12-17-20(18(22)13-15)23-19(14-7-5-4-6-8-14)16-9-11-25-21(16)17/h12-14,16,19,21,23H,2-11H2,1H3. The summed E-state index contributed by atoms with van der Waals surface area (Å²) in [6.07, 6.45) is 9.63. The maximum Gasteiger partial charge on any atom is 0.150 e. The van der Waals surface area contributed by atoms with Crippen molar-refractivity contribution >= 4 is 5.69 Å². The van der Waals surface area contributed by atoms with Gasteiger partial charge in [0.05, 0.1) is 18.4 Å². The van der Waals surface area contributed by atoms with Crippen molar-refractivity contribution in [1.29, 1.82) is 0 Å². The minimum atomic E-state index is -0.196. The Kier molecular flexibility index (Phi) is 5.16. The number of hydrogen-bond acceptors (Lipinski definition) is 3. The van der Waals surface area contributed by atoms with Gasteiger partial charge in [-0.2, -0.15) is 0 Å². The number of unbranched alkanes of at least 4 members (excludes halogenated alkanes) is 1. The largest absolute Gasteiger partial charge is 0.493 e. The molecule has 1 aromatic rings. The molecule has 2 fully saturated rings. The molecule has 1 N–H and O–H groups in total. The number of nitrogens with one attached hydrogen (secondary N) is 1. The van der Waals surface area contributed by atoms with Gasteiger partial charge in [-0.05, 0) is 37.7 Å². The van der Waals surface area contributed by atoms with E-state index in [1.165, 1.54) is 38.2 Å². The predicted molar refractivity (Wildman–Crippen MR) is 97.6 cm³/mol. The molecule has 3 nitrogen and oxygen atoms in total. The number of ether oxygens (including phenoxy) is 2. The van der Waals surface area contributed by atoms with Crippen LogP contribution in [-0.2, 0) is 4.74 Å². The first-order valence-electron chi connectivity index (χ1n) is 10.1. The van der Waals surface area contributed by atoms with E-state index in [4.69, 9.17) is 9.47 Å². The summed E-state index contributed by atoms with van der Waals surface area (Å²) >= 11 is 0. The molecule has 0 spiro atoms. The van der Waals surface area contributed by atoms with Crippen LogP contribution in [0.2, 0.25) is 0 Å². The van der Waals surface area contributed by atoms with Crippen LogP contribution in [0.1, 0.15) is 70.0 Å². The fraction of sp³-hybridized carbons (Fsp3) is 0.714. The first kappa shape index (κ1) is 17.1. The molecule has 3 aliphatic rings. The fourth-order valence-corrected chi connectivity index (χ4v) is 4.93. The number of benzene rings is 1. The van der Waals surface area contributed by atoms with Crippen molar-refractivity contribution in [1.82, 2.24) is 0 Å². The highest BCUT2D eigenvalue weighted by Crippen LogP contribution is 2.49. The molecule has 1 aromatic carbocycles. The quantitative estimate of drug-likeness (QED) is 0.718. The SMILES string of the molecule is CCCCOc1cc(F)c2c(c1)C1OCCC1C(C1CCCCC1)N2. The number of hydrogen-bond donors (Lipinski definition) is 1. The molecule has 1 aliphatic carbocycles. The van der Waals surface area contributed by atoms with Crippen LogP contribution in [0.25, 0.3) is 0 Å². The van der Waals surface area contributed by atoms with Crippen LogP contribution in [0, 0.1) is 17.7 Å². The van der Waals surface area contributed by atoms with Crippen molar-refractivity contribution in [3.05, 3.63) is 23.5 Å². The zero-order valence-electron chi connectivity index (χ0n) is 15.2. The molecule has 0 aromatic heterocycles. The van der Waals surface area contributed by atoms with Crippen LogP contribution in [0.5, 0.6) is 5.75 Å². The molecule has 138 valence electrons. The fourth-order valence-electron chi connectivity index (χ4n) is 4.93. The van der Waals surface area contributed by atoms with Gasteiger partial charge >= 0.3 is 0 Å². The van der Waals surface area contributed by atoms with Gasteiger partial charge < -0.3 is 14.8 Å². The lowest BCUT2D eigenvalue weighted by molar-refractivity contribution is 0.0725. The van der Waals surface area contributed by atoms with Gasteiger partial charge in [-0.1, -0.05) is 32.6 Å². The summed E-state index contributed by atoms with van der Waals surface area (Å²) in [7, 11) is 0. The van der Waals surface area contributed by atoms with Crippen LogP contribution in [0.15, 0.2) is 12.1 Å². The third kappa shape index (κ3) is 3.38. The van der Waals surface area contributed by atoms with Gasteiger partial charge in [-0.3, -0.25) is 0 Å². The van der Waals surface area contributed by atoms with Gasteiger partial charge in [0.1, 0.15) is 11.6 Å². The Morgan fingerprint density at radius 3 is 2.84 bits per heavy atom. The number of rotatable bonds is 5. The van der Waals surface area contributed by atoms with Crippen LogP contribution < -0.4 is 10.1 Å². The lowest BCUT2D eigenvalue weighted by Crippen LogP contribution is -2.42. The second kappa shape index (κ2) is 7.53. The maximum atomic E-state index is 14.8. The minimum Gasteiger partial charge on any atom is -0.493 e. The lowest BCUT2D eigenvalue weighted by atomic mass is 9.73. The van der Waals surface area contributed by atoms with E-state index in [-0.39, 0.29) is 11.9 Å². The zero-order valence-corrected chi connectivity index (χ0v) is 15.2. The third-order valence-corrected chi connectivity index (χ3v) is 6.23. The van der Waals surface area contributed by atoms with Crippen molar-refractivity contribution in [2.75, 3.05) is 18.5 Å². The average Bonchev–Trinajstić information content (AvgIpc) is 3.12. The van der Waals surface area contributed by atoms with Gasteiger partial charge in [0.25, 0.3) is 0 Å². The third-order valence-electron chi connectivity index (χ3n) is 6.23. The Balaban J connectivity index is 1.60. The number of fused-ring (bicyclic) bond motifs is 3. The zero-order chi connectivity index (χ0) is 17.2. The van der Waals surface area contributed by atoms with Crippen molar-refractivity contribution in [3.8, 4) is 5.75 Å². The highest BCUT2D eigenvalue weighted by atomic mass is 19.1. The van der Waals surface area contributed by atoms with E-state index in [0.717, 1.165) is 31.4 Å². The second-order valence-electron chi connectivity index (χ2n) is 7.88. The van der Waals surface area contributed by atoms with Gasteiger partial charge in [0, 0.05) is 30.2 Å². The average molecular weight is 347 g/mol. The van der Waals surface area contributed by atoms with Crippen molar-refractivity contribution < 1.29 is 13.9 Å². The van der Waals surface area contributed by atoms with Crippen LogP contribution >= 0.6 is 0 Å². The summed E-state index contributed by atoms with van der Waals surface area (Å²) in [4.78, 5) is 0. The highest BCUT2D eigenvalue weighted by Gasteiger charge is 2.44. The van der Waals surface area contributed by atoms with Crippen LogP contribution in [-0.4, -0.2) is 19.3 Å². The van der Waals surface area contributed by atoms with E-state index >= 15 is 0 Å². The maximum absolute atomic E-state index is 14.8. The summed E-state index contributed by atoms with van der Waals surface area (Å²) in [5.41, 5.74) is 1.61. The van der Waals surface area contributed by atoms with Crippen molar-refractivity contribution in [2.45, 2.75) is 70.4 Å². The van der Waals surface area contributed by atoms with Gasteiger partial charge in [-0.25, -0.2) is 4.39 Å². The molecular weight excluding hydrogens is 317 g/mol. The lowest BCUT2D eigenvalue weighted by Gasteiger charge is -2.42. The summed E-state index contributed by atoms with van der Waals surface area (Å²) in [5, 5.41) is 3.59. The molecule has 4 rings (SSSR count). The molecule has 1 saturated carbocycles. The van der Waals surface area contributed by atoms with Crippen LogP contribution in [0.3, 0.4) is 0 Å². The minimum absolute atomic E-state index is 0.0207. The number of halogens is 1. The predicted octanol–water partition coefficient (Wildman–Crippen LogP) is 5.46. The molecule has 0 amide bonds. The molecular formula is C21H30FNO2. The second-order valence-corrected chi connectivity index (χ2v) is 7.88. The van der Waals surface area contributed by atoms with Gasteiger partial charge in [-0.15, -0.1) is 0 Å². The first-order valence-corrected chi connectivity index (χ1v) is 10.1. The molecule has 1 saturated heterocycles. The first-order chi connectivity index (χ1) is 12.3. The Morgan fingerprint density at radius 1 is 1.20 bits per heavy atom. The van der Waals surface area contributed by atoms with Gasteiger partial charge in [0.15, 0.2) is 0 Å². The Labute approximate surface area is 150 Å². The molecule has 3 unspecified atom stereocenters. The smallest absolute Gasteiger partial charge is 0.150 e. The summed E-state index contributed by atoms with van der Waals surface area (Å²) in [6, 6.07) is 3.89. The molecule has 25 heavy (non-hydrogen) atoms. The van der Waals surface area contributed by atoms with E-state index in [9.17, 15) is 4.39 Å². The highest BCUT2D eigenvalue weighted by molar-refractivity contribution is 5.60. The van der Waals surface area contributed by atoms with E-state index in [2.05, 4.69) is 12.2 Å². The molecule has 2 heterocycles. The normalized spacial score (nSPS) is 29.0. The van der Waals surface area contributed by atoms with Crippen molar-refractivity contribution in [3.63, 3.8) is 0 Å². The summed E-state index contributed by atoms with van der Waals surface area (Å²) in [5.74, 6) is 1.55. The molecule has 2 aliphatic heterocycles. The van der Waals surface area contributed by atoms with E-state index in [0.29, 0.717) is 35.9 Å².